The Morgan fingerprint density at radius 3 is 3.00 bits per heavy atom. The second kappa shape index (κ2) is 6.01. The summed E-state index contributed by atoms with van der Waals surface area (Å²) in [6.45, 7) is 8.92. The van der Waals surface area contributed by atoms with Gasteiger partial charge in [-0.15, -0.1) is 0 Å². The molecule has 2 aliphatic carbocycles. The largest absolute Gasteiger partial charge is 0.461 e. The molecule has 0 bridgehead atoms. The first-order valence-corrected chi connectivity index (χ1v) is 9.82. The number of likely N-dealkylation sites (tertiary alicyclic amines) is 1. The quantitative estimate of drug-likeness (QED) is 0.715. The summed E-state index contributed by atoms with van der Waals surface area (Å²) in [5.41, 5.74) is 3.12. The Bertz CT molecular complexity index is 593. The van der Waals surface area contributed by atoms with Gasteiger partial charge < -0.3 is 4.74 Å². The zero-order valence-corrected chi connectivity index (χ0v) is 15.4. The number of ether oxygens (including phenoxy) is 1. The van der Waals surface area contributed by atoms with Crippen molar-refractivity contribution in [1.82, 2.24) is 4.90 Å². The van der Waals surface area contributed by atoms with E-state index >= 15 is 0 Å². The lowest BCUT2D eigenvalue weighted by Gasteiger charge is -2.43. The monoisotopic (exact) mass is 329 g/mol. The Morgan fingerprint density at radius 2 is 2.21 bits per heavy atom. The van der Waals surface area contributed by atoms with Gasteiger partial charge in [0.05, 0.1) is 5.92 Å². The van der Waals surface area contributed by atoms with E-state index in [1.165, 1.54) is 36.8 Å². The molecular formula is C21H31NO2. The van der Waals surface area contributed by atoms with Crippen LogP contribution in [-0.2, 0) is 9.53 Å². The first kappa shape index (κ1) is 16.4. The molecule has 3 heteroatoms. The summed E-state index contributed by atoms with van der Waals surface area (Å²) in [6, 6.07) is 0.600. The molecule has 4 rings (SSSR count). The van der Waals surface area contributed by atoms with Gasteiger partial charge >= 0.3 is 5.97 Å². The van der Waals surface area contributed by atoms with Crippen LogP contribution in [0.4, 0.5) is 0 Å². The molecule has 3 nitrogen and oxygen atoms in total. The number of hydrogen-bond donors (Lipinski definition) is 0. The fourth-order valence-electron chi connectivity index (χ4n) is 5.52. The maximum Gasteiger partial charge on any atom is 0.311 e. The molecule has 0 spiro atoms. The minimum atomic E-state index is 0.0299. The van der Waals surface area contributed by atoms with Gasteiger partial charge in [0.2, 0.25) is 0 Å². The number of carbonyl (C=O) groups is 1. The number of allylic oxidation sites excluding steroid dienone is 3. The van der Waals surface area contributed by atoms with E-state index in [1.54, 1.807) is 0 Å². The number of esters is 1. The number of fused-ring (bicyclic) bond motifs is 2. The fourth-order valence-corrected chi connectivity index (χ4v) is 5.52. The summed E-state index contributed by atoms with van der Waals surface area (Å²) in [5, 5.41) is 0. The van der Waals surface area contributed by atoms with Crippen LogP contribution in [0, 0.1) is 17.3 Å². The second-order valence-corrected chi connectivity index (χ2v) is 8.77. The minimum Gasteiger partial charge on any atom is -0.461 e. The van der Waals surface area contributed by atoms with Gasteiger partial charge in [0.15, 0.2) is 0 Å². The molecule has 0 aromatic heterocycles. The predicted molar refractivity (Wildman–Crippen MR) is 95.5 cm³/mol. The summed E-state index contributed by atoms with van der Waals surface area (Å²) in [4.78, 5) is 15.1. The highest BCUT2D eigenvalue weighted by atomic mass is 16.6. The lowest BCUT2D eigenvalue weighted by molar-refractivity contribution is -0.145. The number of nitrogens with zero attached hydrogens (tertiary/aromatic N) is 1. The van der Waals surface area contributed by atoms with Crippen LogP contribution < -0.4 is 0 Å². The van der Waals surface area contributed by atoms with Gasteiger partial charge in [0, 0.05) is 18.5 Å². The van der Waals surface area contributed by atoms with E-state index in [1.807, 2.05) is 0 Å². The third-order valence-electron chi connectivity index (χ3n) is 7.07. The molecule has 4 aliphatic rings. The zero-order chi connectivity index (χ0) is 16.9. The number of hydrogen-bond acceptors (Lipinski definition) is 3. The minimum absolute atomic E-state index is 0.0299. The van der Waals surface area contributed by atoms with E-state index in [9.17, 15) is 4.79 Å². The number of carbonyl (C=O) groups excluding carboxylic acids is 1. The van der Waals surface area contributed by atoms with Crippen LogP contribution in [0.25, 0.3) is 0 Å². The van der Waals surface area contributed by atoms with Crippen molar-refractivity contribution in [2.75, 3.05) is 13.1 Å². The molecular weight excluding hydrogens is 298 g/mol. The van der Waals surface area contributed by atoms with Crippen molar-refractivity contribution in [3.8, 4) is 0 Å². The maximum absolute atomic E-state index is 12.6. The van der Waals surface area contributed by atoms with Gasteiger partial charge in [-0.2, -0.15) is 0 Å². The Morgan fingerprint density at radius 1 is 1.38 bits per heavy atom. The first-order valence-electron chi connectivity index (χ1n) is 9.82. The van der Waals surface area contributed by atoms with Crippen LogP contribution in [0.15, 0.2) is 23.3 Å². The smallest absolute Gasteiger partial charge is 0.311 e. The number of rotatable bonds is 2. The highest BCUT2D eigenvalue weighted by Crippen LogP contribution is 2.52. The zero-order valence-electron chi connectivity index (χ0n) is 15.4. The molecule has 0 radical (unpaired) electrons. The molecule has 2 heterocycles. The number of piperidine rings is 1. The van der Waals surface area contributed by atoms with Crippen molar-refractivity contribution in [3.05, 3.63) is 23.3 Å². The third-order valence-corrected chi connectivity index (χ3v) is 7.07. The molecule has 2 aliphatic heterocycles. The highest BCUT2D eigenvalue weighted by Gasteiger charge is 2.51. The molecule has 0 N–H and O–H groups in total. The highest BCUT2D eigenvalue weighted by molar-refractivity contribution is 5.76. The normalized spacial score (nSPS) is 42.7. The average molecular weight is 329 g/mol. The summed E-state index contributed by atoms with van der Waals surface area (Å²) in [6.07, 6.45) is 12.1. The van der Waals surface area contributed by atoms with Gasteiger partial charge in [-0.05, 0) is 63.5 Å². The summed E-state index contributed by atoms with van der Waals surface area (Å²) in [7, 11) is 0. The van der Waals surface area contributed by atoms with Gasteiger partial charge in [-0.25, -0.2) is 0 Å². The summed E-state index contributed by atoms with van der Waals surface area (Å²) >= 11 is 0. The Hall–Kier alpha value is -1.09. The van der Waals surface area contributed by atoms with Gasteiger partial charge in [0.1, 0.15) is 6.10 Å². The Balaban J connectivity index is 1.59. The van der Waals surface area contributed by atoms with Gasteiger partial charge in [-0.1, -0.05) is 31.1 Å². The summed E-state index contributed by atoms with van der Waals surface area (Å²) in [5.74, 6) is 0.349. The van der Waals surface area contributed by atoms with Crippen molar-refractivity contribution in [1.29, 1.82) is 0 Å². The lowest BCUT2D eigenvalue weighted by Crippen LogP contribution is -2.44. The maximum atomic E-state index is 12.6. The molecule has 5 unspecified atom stereocenters. The average Bonchev–Trinajstić information content (AvgIpc) is 2.82. The van der Waals surface area contributed by atoms with Crippen molar-refractivity contribution in [2.24, 2.45) is 17.3 Å². The van der Waals surface area contributed by atoms with E-state index in [0.29, 0.717) is 6.04 Å². The SMILES string of the molecule is CC1=CCCC2(C)CC3OC(=O)C(CN4CCCCC4C)C3C=C12. The van der Waals surface area contributed by atoms with Crippen molar-refractivity contribution in [2.45, 2.75) is 71.4 Å². The lowest BCUT2D eigenvalue weighted by atomic mass is 9.62. The van der Waals surface area contributed by atoms with E-state index in [0.717, 1.165) is 25.9 Å². The predicted octanol–water partition coefficient (Wildman–Crippen LogP) is 4.10. The Labute approximate surface area is 146 Å². The van der Waals surface area contributed by atoms with E-state index < -0.39 is 0 Å². The van der Waals surface area contributed by atoms with Crippen LogP contribution in [0.2, 0.25) is 0 Å². The molecule has 0 amide bonds. The molecule has 2 saturated heterocycles. The van der Waals surface area contributed by atoms with Crippen LogP contribution in [-0.4, -0.2) is 36.1 Å². The fraction of sp³-hybridized carbons (Fsp3) is 0.762. The van der Waals surface area contributed by atoms with Crippen molar-refractivity contribution >= 4 is 5.97 Å². The van der Waals surface area contributed by atoms with Crippen molar-refractivity contribution < 1.29 is 9.53 Å². The van der Waals surface area contributed by atoms with Crippen LogP contribution in [0.3, 0.4) is 0 Å². The molecule has 0 saturated carbocycles. The van der Waals surface area contributed by atoms with Crippen LogP contribution in [0.5, 0.6) is 0 Å². The summed E-state index contributed by atoms with van der Waals surface area (Å²) < 4.78 is 5.87. The molecule has 5 atom stereocenters. The molecule has 0 aromatic rings. The van der Waals surface area contributed by atoms with E-state index in [-0.39, 0.29) is 29.3 Å². The van der Waals surface area contributed by atoms with E-state index in [2.05, 4.69) is 37.8 Å². The molecule has 0 aromatic carbocycles. The standard InChI is InChI=1S/C21H31NO2/c1-14-7-6-9-21(3)12-19-16(11-18(14)21)17(20(23)24-19)13-22-10-5-4-8-15(22)2/h7,11,15-17,19H,4-6,8-10,12-13H2,1-3H3. The molecule has 2 fully saturated rings. The topological polar surface area (TPSA) is 29.5 Å². The van der Waals surface area contributed by atoms with E-state index in [4.69, 9.17) is 4.74 Å². The van der Waals surface area contributed by atoms with Gasteiger partial charge in [0.25, 0.3) is 0 Å². The first-order chi connectivity index (χ1) is 11.5. The molecule has 24 heavy (non-hydrogen) atoms. The van der Waals surface area contributed by atoms with Crippen molar-refractivity contribution in [3.63, 3.8) is 0 Å². The second-order valence-electron chi connectivity index (χ2n) is 8.77. The van der Waals surface area contributed by atoms with Gasteiger partial charge in [-0.3, -0.25) is 9.69 Å². The van der Waals surface area contributed by atoms with Crippen LogP contribution >= 0.6 is 0 Å². The third kappa shape index (κ3) is 2.65. The molecule has 132 valence electrons. The Kier molecular flexibility index (Phi) is 4.11. The van der Waals surface area contributed by atoms with Crippen LogP contribution in [0.1, 0.15) is 59.3 Å².